The van der Waals surface area contributed by atoms with Crippen LogP contribution in [0.25, 0.3) is 10.9 Å². The molecule has 10 heteroatoms. The second kappa shape index (κ2) is 10.5. The van der Waals surface area contributed by atoms with Crippen LogP contribution in [0.1, 0.15) is 40.0 Å². The summed E-state index contributed by atoms with van der Waals surface area (Å²) in [5.41, 5.74) is 3.47. The zero-order chi connectivity index (χ0) is 26.9. The van der Waals surface area contributed by atoms with Gasteiger partial charge in [0.2, 0.25) is 0 Å². The lowest BCUT2D eigenvalue weighted by molar-refractivity contribution is -0.0378. The number of benzene rings is 2. The molecule has 2 aromatic carbocycles. The molecule has 0 saturated carbocycles. The Balaban J connectivity index is 1.73. The Kier molecular flexibility index (Phi) is 7.52. The highest BCUT2D eigenvalue weighted by atomic mass is 19.3. The molecule has 0 bridgehead atoms. The largest absolute Gasteiger partial charge is 0.496 e. The summed E-state index contributed by atoms with van der Waals surface area (Å²) in [4.78, 5) is 27.6. The third-order valence-electron chi connectivity index (χ3n) is 6.81. The summed E-state index contributed by atoms with van der Waals surface area (Å²) in [6.45, 7) is 4.16. The van der Waals surface area contributed by atoms with Crippen LogP contribution in [0, 0.1) is 6.92 Å². The number of rotatable bonds is 7. The van der Waals surface area contributed by atoms with Gasteiger partial charge in [-0.1, -0.05) is 12.1 Å². The summed E-state index contributed by atoms with van der Waals surface area (Å²) in [5.74, 6) is -2.64. The van der Waals surface area contributed by atoms with Crippen LogP contribution < -0.4 is 4.74 Å². The quantitative estimate of drug-likeness (QED) is 0.453. The number of aromatic nitrogens is 1. The highest BCUT2D eigenvalue weighted by Gasteiger charge is 2.34. The van der Waals surface area contributed by atoms with Crippen molar-refractivity contribution in [2.45, 2.75) is 32.4 Å². The van der Waals surface area contributed by atoms with E-state index in [1.165, 1.54) is 17.9 Å². The van der Waals surface area contributed by atoms with Crippen LogP contribution in [0.15, 0.2) is 42.6 Å². The molecule has 8 nitrogen and oxygen atoms in total. The molecule has 0 aliphatic carbocycles. The van der Waals surface area contributed by atoms with Gasteiger partial charge in [-0.2, -0.15) is 0 Å². The van der Waals surface area contributed by atoms with E-state index >= 15 is 0 Å². The number of nitrogens with zero attached hydrogens (tertiary/aromatic N) is 3. The van der Waals surface area contributed by atoms with E-state index in [-0.39, 0.29) is 12.6 Å². The number of carboxylic acid groups (broad SMARTS) is 1. The third-order valence-corrected chi connectivity index (χ3v) is 6.81. The monoisotopic (exact) mass is 515 g/mol. The number of hydrogen-bond donors (Lipinski definition) is 1. The first-order chi connectivity index (χ1) is 17.5. The minimum Gasteiger partial charge on any atom is -0.496 e. The molecular formula is C27H31F2N3O5. The lowest BCUT2D eigenvalue weighted by atomic mass is 9.98. The van der Waals surface area contributed by atoms with Gasteiger partial charge >= 0.3 is 12.1 Å². The van der Waals surface area contributed by atoms with Gasteiger partial charge in [-0.25, -0.2) is 18.4 Å². The Morgan fingerprint density at radius 2 is 1.84 bits per heavy atom. The first kappa shape index (κ1) is 26.6. The number of carbonyl (C=O) groups excluding carboxylic acids is 1. The summed E-state index contributed by atoms with van der Waals surface area (Å²) in [6, 6.07) is 10.3. The van der Waals surface area contributed by atoms with Crippen molar-refractivity contribution >= 4 is 23.0 Å². The van der Waals surface area contributed by atoms with Gasteiger partial charge in [0.15, 0.2) is 0 Å². The maximum atomic E-state index is 13.9. The molecule has 198 valence electrons. The summed E-state index contributed by atoms with van der Waals surface area (Å²) < 4.78 is 39.4. The molecule has 1 N–H and O–H groups in total. The maximum Gasteiger partial charge on any atom is 0.416 e. The molecule has 2 heterocycles. The maximum absolute atomic E-state index is 13.9. The Hall–Kier alpha value is -3.50. The van der Waals surface area contributed by atoms with Crippen LogP contribution in [-0.4, -0.2) is 77.9 Å². The van der Waals surface area contributed by atoms with Crippen molar-refractivity contribution in [3.63, 3.8) is 0 Å². The summed E-state index contributed by atoms with van der Waals surface area (Å²) >= 11 is 0. The van der Waals surface area contributed by atoms with E-state index in [1.54, 1.807) is 30.2 Å². The number of aryl methyl sites for hydroxylation is 1. The zero-order valence-corrected chi connectivity index (χ0v) is 21.3. The molecule has 37 heavy (non-hydrogen) atoms. The first-order valence-corrected chi connectivity index (χ1v) is 12.0. The van der Waals surface area contributed by atoms with Crippen molar-refractivity contribution in [1.82, 2.24) is 14.4 Å². The molecule has 0 spiro atoms. The number of hydrogen-bond acceptors (Lipinski definition) is 6. The van der Waals surface area contributed by atoms with Gasteiger partial charge < -0.3 is 14.6 Å². The summed E-state index contributed by atoms with van der Waals surface area (Å²) in [5, 5.41) is 10.4. The fourth-order valence-electron chi connectivity index (χ4n) is 5.15. The van der Waals surface area contributed by atoms with Crippen LogP contribution in [-0.2, 0) is 11.3 Å². The predicted molar refractivity (Wildman–Crippen MR) is 135 cm³/mol. The molecule has 4 rings (SSSR count). The van der Waals surface area contributed by atoms with Crippen molar-refractivity contribution in [3.8, 4) is 5.75 Å². The van der Waals surface area contributed by atoms with Crippen molar-refractivity contribution in [3.05, 3.63) is 64.8 Å². The van der Waals surface area contributed by atoms with Crippen molar-refractivity contribution < 1.29 is 33.0 Å². The van der Waals surface area contributed by atoms with Gasteiger partial charge in [0, 0.05) is 56.3 Å². The second-order valence-electron chi connectivity index (χ2n) is 9.51. The lowest BCUT2D eigenvalue weighted by Crippen LogP contribution is -2.50. The normalized spacial score (nSPS) is 17.2. The van der Waals surface area contributed by atoms with Gasteiger partial charge in [0.1, 0.15) is 5.75 Å². The van der Waals surface area contributed by atoms with Gasteiger partial charge in [0.05, 0.1) is 31.8 Å². The van der Waals surface area contributed by atoms with Crippen LogP contribution in [0.5, 0.6) is 5.75 Å². The highest BCUT2D eigenvalue weighted by molar-refractivity contribution is 5.94. The number of fused-ring (bicyclic) bond motifs is 1. The van der Waals surface area contributed by atoms with Gasteiger partial charge in [-0.3, -0.25) is 14.4 Å². The van der Waals surface area contributed by atoms with E-state index in [0.29, 0.717) is 43.0 Å². The van der Waals surface area contributed by atoms with Crippen molar-refractivity contribution in [2.24, 2.45) is 0 Å². The number of esters is 1. The van der Waals surface area contributed by atoms with Gasteiger partial charge in [0.25, 0.3) is 5.92 Å². The Bertz CT molecular complexity index is 1300. The van der Waals surface area contributed by atoms with E-state index in [4.69, 9.17) is 9.47 Å². The minimum absolute atomic E-state index is 0.245. The fourth-order valence-corrected chi connectivity index (χ4v) is 5.15. The highest BCUT2D eigenvalue weighted by Crippen LogP contribution is 2.36. The topological polar surface area (TPSA) is 84.2 Å². The Labute approximate surface area is 214 Å². The molecule has 1 aliphatic rings. The molecule has 1 atom stereocenters. The average Bonchev–Trinajstić information content (AvgIpc) is 3.31. The number of ether oxygens (including phenoxy) is 2. The van der Waals surface area contributed by atoms with Gasteiger partial charge in [-0.05, 0) is 42.3 Å². The smallest absolute Gasteiger partial charge is 0.416 e. The molecule has 3 aromatic rings. The third kappa shape index (κ3) is 5.60. The van der Waals surface area contributed by atoms with Crippen molar-refractivity contribution in [2.75, 3.05) is 40.4 Å². The first-order valence-electron chi connectivity index (χ1n) is 12.0. The molecule has 0 radical (unpaired) electrons. The standard InChI is InChI=1S/C27H31F2N3O5/c1-17-13-23(36-3)21(20-9-10-32(24(17)20)26(34)35)14-31-12-11-30(16-27(2,28)29)15-22(31)18-5-7-19(8-6-18)25(33)37-4/h5-10,13,22H,11-12,14-16H2,1-4H3,(H,34,35). The number of piperazine rings is 1. The van der Waals surface area contributed by atoms with E-state index in [9.17, 15) is 23.5 Å². The summed E-state index contributed by atoms with van der Waals surface area (Å²) in [6.07, 6.45) is 0.444. The van der Waals surface area contributed by atoms with Crippen LogP contribution >= 0.6 is 0 Å². The average molecular weight is 516 g/mol. The van der Waals surface area contributed by atoms with Gasteiger partial charge in [-0.15, -0.1) is 0 Å². The molecule has 0 amide bonds. The van der Waals surface area contributed by atoms with Crippen molar-refractivity contribution in [1.29, 1.82) is 0 Å². The van der Waals surface area contributed by atoms with E-state index < -0.39 is 18.0 Å². The summed E-state index contributed by atoms with van der Waals surface area (Å²) in [7, 11) is 2.89. The van der Waals surface area contributed by atoms with E-state index in [1.807, 2.05) is 25.1 Å². The molecule has 1 unspecified atom stereocenters. The number of methoxy groups -OCH3 is 2. The van der Waals surface area contributed by atoms with Crippen LogP contribution in [0.4, 0.5) is 13.6 Å². The number of halogens is 2. The molecule has 1 saturated heterocycles. The SMILES string of the molecule is COC(=O)c1ccc(C2CN(CC(C)(F)F)CCN2Cc2c(OC)cc(C)c3c2ccn3C(=O)O)cc1. The molecule has 1 aromatic heterocycles. The molecule has 1 fully saturated rings. The van der Waals surface area contributed by atoms with E-state index in [0.717, 1.165) is 29.0 Å². The lowest BCUT2D eigenvalue weighted by Gasteiger charge is -2.42. The fraction of sp³-hybridized carbons (Fsp3) is 0.407. The number of alkyl halides is 2. The van der Waals surface area contributed by atoms with Crippen LogP contribution in [0.3, 0.4) is 0 Å². The Morgan fingerprint density at radius 3 is 2.43 bits per heavy atom. The predicted octanol–water partition coefficient (Wildman–Crippen LogP) is 4.79. The zero-order valence-electron chi connectivity index (χ0n) is 21.3. The molecular weight excluding hydrogens is 484 g/mol. The molecule has 1 aliphatic heterocycles. The van der Waals surface area contributed by atoms with E-state index in [2.05, 4.69) is 4.90 Å². The second-order valence-corrected chi connectivity index (χ2v) is 9.51. The minimum atomic E-state index is -2.83. The van der Waals surface area contributed by atoms with Crippen LogP contribution in [0.2, 0.25) is 0 Å². The Morgan fingerprint density at radius 1 is 1.14 bits per heavy atom. The number of carbonyl (C=O) groups is 2.